The van der Waals surface area contributed by atoms with E-state index in [9.17, 15) is 0 Å². The van der Waals surface area contributed by atoms with Crippen LogP contribution >= 0.6 is 0 Å². The van der Waals surface area contributed by atoms with E-state index in [4.69, 9.17) is 24.9 Å². The Morgan fingerprint density at radius 3 is 1.14 bits per heavy atom. The van der Waals surface area contributed by atoms with Crippen molar-refractivity contribution in [1.29, 1.82) is 0 Å². The van der Waals surface area contributed by atoms with Crippen molar-refractivity contribution in [1.82, 2.24) is 29.5 Å². The van der Waals surface area contributed by atoms with E-state index in [1.54, 1.807) is 0 Å². The van der Waals surface area contributed by atoms with Gasteiger partial charge in [-0.2, -0.15) is 0 Å². The number of hydrogen-bond acceptors (Lipinski definition) is 7. The lowest BCUT2D eigenvalue weighted by Gasteiger charge is -2.44. The SMILES string of the molecule is c1ccc(-c2ccc3c(c2)c2cc(-c4ccccc4)ccc2n3-c2ccc(-c3nc(-c4ccccc4)nc(-c4ccccc4)n3)cc2-c2cc(-c3ccccc3)nc(-c3cccc(-c4ccc(N5c6ccccc6B6c7ccccc7N(c7ccccc7)c7cccc5c76)cc4)c3)n2)cc1. The Morgan fingerprint density at radius 2 is 0.590 bits per heavy atom. The van der Waals surface area contributed by atoms with Crippen LogP contribution in [0.1, 0.15) is 0 Å². The molecule has 2 aliphatic heterocycles. The molecule has 0 fully saturated rings. The largest absolute Gasteiger partial charge is 0.311 e. The number of anilines is 6. The number of rotatable bonds is 12. The Kier molecular flexibility index (Phi) is 14.1. The van der Waals surface area contributed by atoms with Gasteiger partial charge in [-0.15, -0.1) is 0 Å². The van der Waals surface area contributed by atoms with Crippen LogP contribution in [0.4, 0.5) is 34.1 Å². The standard InChI is InChI=1S/C91H59BN8/c1-7-25-60(26-8-1)67-47-52-80-73(56-67)74-57-68(61-27-9-2-10-28-61)48-53-81(74)100(80)82-54-49-70(91-96-88(64-31-13-4-14-32-64)95-89(97-91)65-33-15-5-16-34-65)58-75(82)79-59-78(63-29-11-3-12-30-63)93-90(94-79)69-36-23-35-66(55-69)62-45-50-72(51-46-62)99-84-42-22-20-40-77(84)92-76-39-19-21-41-83(76)98(71-37-17-6-18-38-71)85-43-24-44-86(99)87(85)92/h1-59H. The van der Waals surface area contributed by atoms with Gasteiger partial charge in [-0.1, -0.05) is 255 Å². The van der Waals surface area contributed by atoms with Crippen molar-refractivity contribution >= 4 is 79.0 Å². The molecule has 0 spiro atoms. The molecule has 100 heavy (non-hydrogen) atoms. The number of benzene rings is 14. The lowest BCUT2D eigenvalue weighted by atomic mass is 9.33. The van der Waals surface area contributed by atoms with E-state index in [1.165, 1.54) is 39.1 Å². The average molecular weight is 1280 g/mol. The van der Waals surface area contributed by atoms with Gasteiger partial charge in [-0.3, -0.25) is 0 Å². The van der Waals surface area contributed by atoms with Gasteiger partial charge in [-0.05, 0) is 153 Å². The molecule has 5 heterocycles. The fourth-order valence-corrected chi connectivity index (χ4v) is 15.0. The summed E-state index contributed by atoms with van der Waals surface area (Å²) >= 11 is 0. The molecule has 8 nitrogen and oxygen atoms in total. The van der Waals surface area contributed by atoms with Crippen molar-refractivity contribution < 1.29 is 0 Å². The number of hydrogen-bond donors (Lipinski definition) is 0. The van der Waals surface area contributed by atoms with Crippen LogP contribution in [0, 0.1) is 0 Å². The number of para-hydroxylation sites is 3. The summed E-state index contributed by atoms with van der Waals surface area (Å²) in [5.74, 6) is 2.29. The molecule has 0 saturated heterocycles. The Morgan fingerprint density at radius 1 is 0.220 bits per heavy atom. The van der Waals surface area contributed by atoms with Crippen molar-refractivity contribution in [2.24, 2.45) is 0 Å². The normalized spacial score (nSPS) is 12.1. The van der Waals surface area contributed by atoms with E-state index in [2.05, 4.69) is 306 Å². The second-order valence-electron chi connectivity index (χ2n) is 25.5. The molecule has 19 rings (SSSR count). The number of fused-ring (bicyclic) bond motifs is 7. The minimum absolute atomic E-state index is 0.0586. The highest BCUT2D eigenvalue weighted by Gasteiger charge is 2.43. The van der Waals surface area contributed by atoms with Gasteiger partial charge >= 0.3 is 0 Å². The maximum atomic E-state index is 5.73. The summed E-state index contributed by atoms with van der Waals surface area (Å²) in [5.41, 5.74) is 27.4. The molecule has 0 bridgehead atoms. The van der Waals surface area contributed by atoms with E-state index < -0.39 is 0 Å². The highest BCUT2D eigenvalue weighted by molar-refractivity contribution is 7.00. The van der Waals surface area contributed by atoms with E-state index in [1.807, 2.05) is 66.7 Å². The Bertz CT molecular complexity index is 5820. The molecule has 14 aromatic carbocycles. The first kappa shape index (κ1) is 58.0. The summed E-state index contributed by atoms with van der Waals surface area (Å²) in [4.78, 5) is 31.8. The van der Waals surface area contributed by atoms with Crippen LogP contribution in [0.25, 0.3) is 129 Å². The molecule has 2 aliphatic rings. The van der Waals surface area contributed by atoms with Crippen LogP contribution in [-0.4, -0.2) is 36.2 Å². The molecular weight excluding hydrogens is 1220 g/mol. The van der Waals surface area contributed by atoms with Gasteiger partial charge < -0.3 is 14.4 Å². The van der Waals surface area contributed by atoms with Crippen LogP contribution < -0.4 is 26.2 Å². The first-order chi connectivity index (χ1) is 49.6. The third-order valence-electron chi connectivity index (χ3n) is 19.6. The second kappa shape index (κ2) is 24.4. The van der Waals surface area contributed by atoms with Gasteiger partial charge in [0.15, 0.2) is 23.3 Å². The van der Waals surface area contributed by atoms with Gasteiger partial charge in [0.1, 0.15) is 0 Å². The van der Waals surface area contributed by atoms with Gasteiger partial charge in [0.2, 0.25) is 0 Å². The van der Waals surface area contributed by atoms with Crippen molar-refractivity contribution in [2.45, 2.75) is 0 Å². The van der Waals surface area contributed by atoms with Gasteiger partial charge in [0.25, 0.3) is 6.71 Å². The summed E-state index contributed by atoms with van der Waals surface area (Å²) in [6, 6.07) is 127. The third kappa shape index (κ3) is 10.1. The van der Waals surface area contributed by atoms with Crippen LogP contribution in [0.3, 0.4) is 0 Å². The monoisotopic (exact) mass is 1270 g/mol. The summed E-state index contributed by atoms with van der Waals surface area (Å²) in [5, 5.41) is 2.27. The fourth-order valence-electron chi connectivity index (χ4n) is 15.0. The van der Waals surface area contributed by atoms with Crippen LogP contribution in [0.5, 0.6) is 0 Å². The molecule has 0 amide bonds. The predicted octanol–water partition coefficient (Wildman–Crippen LogP) is 20.8. The molecule has 17 aromatic rings. The van der Waals surface area contributed by atoms with Gasteiger partial charge in [0, 0.05) is 78.3 Å². The molecule has 0 saturated carbocycles. The van der Waals surface area contributed by atoms with Crippen LogP contribution in [-0.2, 0) is 0 Å². The first-order valence-electron chi connectivity index (χ1n) is 33.9. The van der Waals surface area contributed by atoms with Crippen molar-refractivity contribution in [3.05, 3.63) is 358 Å². The second-order valence-corrected chi connectivity index (χ2v) is 25.5. The molecular formula is C91H59BN8. The number of nitrogens with zero attached hydrogens (tertiary/aromatic N) is 8. The predicted molar refractivity (Wildman–Crippen MR) is 413 cm³/mol. The minimum Gasteiger partial charge on any atom is -0.311 e. The van der Waals surface area contributed by atoms with E-state index in [0.29, 0.717) is 23.3 Å². The van der Waals surface area contributed by atoms with Gasteiger partial charge in [-0.25, -0.2) is 24.9 Å². The van der Waals surface area contributed by atoms with Crippen molar-refractivity contribution in [3.8, 4) is 107 Å². The maximum absolute atomic E-state index is 5.73. The summed E-state index contributed by atoms with van der Waals surface area (Å²) in [6.07, 6.45) is 0. The minimum atomic E-state index is 0.0586. The quantitative estimate of drug-likeness (QED) is 0.113. The molecule has 3 aromatic heterocycles. The number of aromatic nitrogens is 6. The molecule has 0 atom stereocenters. The summed E-state index contributed by atoms with van der Waals surface area (Å²) in [6.45, 7) is 0.0586. The summed E-state index contributed by atoms with van der Waals surface area (Å²) in [7, 11) is 0. The maximum Gasteiger partial charge on any atom is 0.252 e. The molecule has 0 radical (unpaired) electrons. The fraction of sp³-hybridized carbons (Fsp3) is 0. The van der Waals surface area contributed by atoms with Crippen LogP contribution in [0.2, 0.25) is 0 Å². The smallest absolute Gasteiger partial charge is 0.252 e. The Balaban J connectivity index is 0.775. The highest BCUT2D eigenvalue weighted by atomic mass is 15.2. The zero-order valence-corrected chi connectivity index (χ0v) is 54.2. The molecule has 9 heteroatoms. The zero-order valence-electron chi connectivity index (χ0n) is 54.2. The molecule has 0 N–H and O–H groups in total. The van der Waals surface area contributed by atoms with Crippen molar-refractivity contribution in [3.63, 3.8) is 0 Å². The Labute approximate surface area is 579 Å². The lowest BCUT2D eigenvalue weighted by Crippen LogP contribution is -2.61. The highest BCUT2D eigenvalue weighted by Crippen LogP contribution is 2.46. The summed E-state index contributed by atoms with van der Waals surface area (Å²) < 4.78 is 2.41. The molecule has 466 valence electrons. The van der Waals surface area contributed by atoms with E-state index >= 15 is 0 Å². The van der Waals surface area contributed by atoms with Gasteiger partial charge in [0.05, 0.1) is 28.1 Å². The van der Waals surface area contributed by atoms with E-state index in [0.717, 1.165) is 117 Å². The molecule has 0 unspecified atom stereocenters. The first-order valence-corrected chi connectivity index (χ1v) is 33.9. The zero-order chi connectivity index (χ0) is 66.0. The third-order valence-corrected chi connectivity index (χ3v) is 19.6. The Hall–Kier alpha value is -13.4. The molecule has 0 aliphatic carbocycles. The lowest BCUT2D eigenvalue weighted by molar-refractivity contribution is 1.07. The topological polar surface area (TPSA) is 75.9 Å². The average Bonchev–Trinajstić information content (AvgIpc) is 0.841. The van der Waals surface area contributed by atoms with E-state index in [-0.39, 0.29) is 6.71 Å². The van der Waals surface area contributed by atoms with Crippen LogP contribution in [0.15, 0.2) is 358 Å². The van der Waals surface area contributed by atoms with Crippen molar-refractivity contribution in [2.75, 3.05) is 9.80 Å².